The Bertz CT molecular complexity index is 888. The van der Waals surface area contributed by atoms with Crippen LogP contribution in [-0.2, 0) is 6.42 Å². The fraction of sp³-hybridized carbons (Fsp3) is 0.435. The van der Waals surface area contributed by atoms with Crippen molar-refractivity contribution in [2.75, 3.05) is 39.2 Å². The van der Waals surface area contributed by atoms with Gasteiger partial charge in [-0.25, -0.2) is 0 Å². The maximum atomic E-state index is 12.9. The lowest BCUT2D eigenvalue weighted by atomic mass is 9.90. The van der Waals surface area contributed by atoms with E-state index in [2.05, 4.69) is 12.1 Å². The zero-order valence-corrected chi connectivity index (χ0v) is 17.8. The average molecular weight is 412 g/mol. The molecule has 0 unspecified atom stereocenters. The number of methoxy groups -OCH3 is 1. The highest BCUT2D eigenvalue weighted by atomic mass is 16.6. The number of nitro groups is 1. The monoisotopic (exact) mass is 411 g/mol. The predicted molar refractivity (Wildman–Crippen MR) is 117 cm³/mol. The quantitative estimate of drug-likeness (QED) is 0.505. The topological polar surface area (TPSA) is 75.9 Å². The first-order valence-electron chi connectivity index (χ1n) is 10.3. The molecule has 1 heterocycles. The summed E-state index contributed by atoms with van der Waals surface area (Å²) in [6.45, 7) is 1.38. The molecule has 1 saturated heterocycles. The van der Waals surface area contributed by atoms with E-state index < -0.39 is 4.92 Å². The van der Waals surface area contributed by atoms with E-state index in [1.165, 1.54) is 11.6 Å². The molecular formula is C23H29N3O4. The Morgan fingerprint density at radius 3 is 2.40 bits per heavy atom. The average Bonchev–Trinajstić information content (AvgIpc) is 2.77. The van der Waals surface area contributed by atoms with Crippen LogP contribution in [-0.4, -0.2) is 50.0 Å². The molecule has 0 spiro atoms. The molecule has 2 aromatic carbocycles. The summed E-state index contributed by atoms with van der Waals surface area (Å²) in [6, 6.07) is 12.9. The Kier molecular flexibility index (Phi) is 6.92. The number of piperidine rings is 1. The molecule has 0 aliphatic carbocycles. The number of carbonyl (C=O) groups excluding carboxylic acids is 1. The van der Waals surface area contributed by atoms with Gasteiger partial charge in [-0.3, -0.25) is 14.9 Å². The summed E-state index contributed by atoms with van der Waals surface area (Å²) in [5.41, 5.74) is 2.13. The van der Waals surface area contributed by atoms with Crippen molar-refractivity contribution in [3.63, 3.8) is 0 Å². The van der Waals surface area contributed by atoms with Gasteiger partial charge in [-0.05, 0) is 61.4 Å². The van der Waals surface area contributed by atoms with Crippen LogP contribution in [0.2, 0.25) is 0 Å². The minimum atomic E-state index is -0.433. The first-order chi connectivity index (χ1) is 14.4. The molecule has 7 heteroatoms. The Morgan fingerprint density at radius 1 is 1.17 bits per heavy atom. The standard InChI is InChI=1S/C23H29N3O4/c1-24(2)21-11-8-19(16-22(21)26(28)29)23(27)25-14-12-18(13-15-25)5-4-17-6-9-20(30-3)10-7-17/h6-11,16,18H,4-5,12-15H2,1-3H3. The van der Waals surface area contributed by atoms with E-state index in [1.807, 2.05) is 17.0 Å². The number of anilines is 1. The highest BCUT2D eigenvalue weighted by molar-refractivity contribution is 5.95. The van der Waals surface area contributed by atoms with Crippen molar-refractivity contribution in [2.45, 2.75) is 25.7 Å². The van der Waals surface area contributed by atoms with Gasteiger partial charge in [-0.1, -0.05) is 12.1 Å². The number of likely N-dealkylation sites (tertiary alicyclic amines) is 1. The number of nitrogens with zero attached hydrogens (tertiary/aromatic N) is 3. The summed E-state index contributed by atoms with van der Waals surface area (Å²) >= 11 is 0. The van der Waals surface area contributed by atoms with Crippen LogP contribution < -0.4 is 9.64 Å². The molecule has 0 radical (unpaired) electrons. The zero-order chi connectivity index (χ0) is 21.7. The van der Waals surface area contributed by atoms with Gasteiger partial charge in [-0.2, -0.15) is 0 Å². The second-order valence-corrected chi connectivity index (χ2v) is 7.98. The maximum Gasteiger partial charge on any atom is 0.293 e. The first-order valence-corrected chi connectivity index (χ1v) is 10.3. The number of benzene rings is 2. The summed E-state index contributed by atoms with van der Waals surface area (Å²) in [6.07, 6.45) is 4.03. The van der Waals surface area contributed by atoms with E-state index in [4.69, 9.17) is 4.74 Å². The SMILES string of the molecule is COc1ccc(CCC2CCN(C(=O)c3ccc(N(C)C)c([N+](=O)[O-])c3)CC2)cc1. The molecule has 0 saturated carbocycles. The number of carbonyl (C=O) groups is 1. The van der Waals surface area contributed by atoms with Gasteiger partial charge in [0.1, 0.15) is 11.4 Å². The van der Waals surface area contributed by atoms with Gasteiger partial charge in [0, 0.05) is 38.8 Å². The molecule has 30 heavy (non-hydrogen) atoms. The fourth-order valence-electron chi connectivity index (χ4n) is 3.95. The number of amides is 1. The second-order valence-electron chi connectivity index (χ2n) is 7.98. The van der Waals surface area contributed by atoms with Gasteiger partial charge in [-0.15, -0.1) is 0 Å². The van der Waals surface area contributed by atoms with Gasteiger partial charge < -0.3 is 14.5 Å². The predicted octanol–water partition coefficient (Wildman–Crippen LogP) is 4.15. The van der Waals surface area contributed by atoms with Crippen molar-refractivity contribution in [2.24, 2.45) is 5.92 Å². The normalized spacial score (nSPS) is 14.4. The highest BCUT2D eigenvalue weighted by Gasteiger charge is 2.26. The van der Waals surface area contributed by atoms with E-state index in [1.54, 1.807) is 38.2 Å². The lowest BCUT2D eigenvalue weighted by molar-refractivity contribution is -0.384. The molecule has 2 aromatic rings. The van der Waals surface area contributed by atoms with Gasteiger partial charge >= 0.3 is 0 Å². The highest BCUT2D eigenvalue weighted by Crippen LogP contribution is 2.29. The van der Waals surface area contributed by atoms with Crippen LogP contribution in [0.15, 0.2) is 42.5 Å². The van der Waals surface area contributed by atoms with Crippen molar-refractivity contribution in [3.8, 4) is 5.75 Å². The van der Waals surface area contributed by atoms with E-state index in [0.29, 0.717) is 30.3 Å². The molecule has 1 fully saturated rings. The van der Waals surface area contributed by atoms with Gasteiger partial charge in [0.05, 0.1) is 12.0 Å². The molecule has 0 aromatic heterocycles. The minimum absolute atomic E-state index is 0.0415. The zero-order valence-electron chi connectivity index (χ0n) is 17.8. The Labute approximate surface area is 177 Å². The van der Waals surface area contributed by atoms with Crippen LogP contribution >= 0.6 is 0 Å². The van der Waals surface area contributed by atoms with Gasteiger partial charge in [0.15, 0.2) is 0 Å². The first kappa shape index (κ1) is 21.6. The molecule has 0 atom stereocenters. The Morgan fingerprint density at radius 2 is 1.83 bits per heavy atom. The molecule has 3 rings (SSSR count). The second kappa shape index (κ2) is 9.61. The molecule has 1 amide bonds. The largest absolute Gasteiger partial charge is 0.497 e. The maximum absolute atomic E-state index is 12.9. The molecule has 1 aliphatic heterocycles. The van der Waals surface area contributed by atoms with Crippen LogP contribution in [0.3, 0.4) is 0 Å². The Balaban J connectivity index is 1.56. The smallest absolute Gasteiger partial charge is 0.293 e. The fourth-order valence-corrected chi connectivity index (χ4v) is 3.95. The lowest BCUT2D eigenvalue weighted by Crippen LogP contribution is -2.38. The van der Waals surface area contributed by atoms with Crippen molar-refractivity contribution < 1.29 is 14.5 Å². The van der Waals surface area contributed by atoms with Crippen molar-refractivity contribution in [3.05, 3.63) is 63.7 Å². The van der Waals surface area contributed by atoms with E-state index in [-0.39, 0.29) is 11.6 Å². The molecule has 160 valence electrons. The van der Waals surface area contributed by atoms with Gasteiger partial charge in [0.25, 0.3) is 11.6 Å². The number of aryl methyl sites for hydroxylation is 1. The lowest BCUT2D eigenvalue weighted by Gasteiger charge is -2.32. The van der Waals surface area contributed by atoms with Crippen LogP contribution in [0.5, 0.6) is 5.75 Å². The molecule has 1 aliphatic rings. The summed E-state index contributed by atoms with van der Waals surface area (Å²) < 4.78 is 5.20. The summed E-state index contributed by atoms with van der Waals surface area (Å²) in [7, 11) is 5.17. The number of hydrogen-bond acceptors (Lipinski definition) is 5. The summed E-state index contributed by atoms with van der Waals surface area (Å²) in [5, 5.41) is 11.4. The third-order valence-electron chi connectivity index (χ3n) is 5.80. The molecule has 7 nitrogen and oxygen atoms in total. The molecular weight excluding hydrogens is 382 g/mol. The van der Waals surface area contributed by atoms with Crippen LogP contribution in [0, 0.1) is 16.0 Å². The van der Waals surface area contributed by atoms with Crippen molar-refractivity contribution in [1.82, 2.24) is 4.90 Å². The third-order valence-corrected chi connectivity index (χ3v) is 5.80. The number of ether oxygens (including phenoxy) is 1. The number of rotatable bonds is 7. The van der Waals surface area contributed by atoms with Gasteiger partial charge in [0.2, 0.25) is 0 Å². The number of hydrogen-bond donors (Lipinski definition) is 0. The summed E-state index contributed by atoms with van der Waals surface area (Å²) in [5.74, 6) is 1.32. The van der Waals surface area contributed by atoms with Crippen molar-refractivity contribution in [1.29, 1.82) is 0 Å². The summed E-state index contributed by atoms with van der Waals surface area (Å²) in [4.78, 5) is 27.3. The van der Waals surface area contributed by atoms with Crippen LogP contribution in [0.25, 0.3) is 0 Å². The Hall–Kier alpha value is -3.09. The molecule has 0 bridgehead atoms. The van der Waals surface area contributed by atoms with E-state index >= 15 is 0 Å². The van der Waals surface area contributed by atoms with Crippen molar-refractivity contribution >= 4 is 17.3 Å². The van der Waals surface area contributed by atoms with Crippen LogP contribution in [0.1, 0.15) is 35.2 Å². The number of nitro benzene ring substituents is 1. The third kappa shape index (κ3) is 5.09. The minimum Gasteiger partial charge on any atom is -0.497 e. The molecule has 0 N–H and O–H groups in total. The van der Waals surface area contributed by atoms with E-state index in [9.17, 15) is 14.9 Å². The van der Waals surface area contributed by atoms with E-state index in [0.717, 1.165) is 31.4 Å². The van der Waals surface area contributed by atoms with Crippen LogP contribution in [0.4, 0.5) is 11.4 Å².